The lowest BCUT2D eigenvalue weighted by Gasteiger charge is -2.25. The van der Waals surface area contributed by atoms with Crippen LogP contribution in [0.25, 0.3) is 0 Å². The predicted octanol–water partition coefficient (Wildman–Crippen LogP) is 2.68. The highest BCUT2D eigenvalue weighted by Crippen LogP contribution is 2.20. The van der Waals surface area contributed by atoms with E-state index in [0.717, 1.165) is 0 Å². The minimum Gasteiger partial charge on any atom is -0.353 e. The largest absolute Gasteiger partial charge is 0.353 e. The number of benzene rings is 1. The topological polar surface area (TPSA) is 58.1 Å². The molecule has 2 rings (SSSR count). The van der Waals surface area contributed by atoms with Crippen molar-refractivity contribution in [3.8, 4) is 0 Å². The van der Waals surface area contributed by atoms with Crippen LogP contribution in [0.4, 0.5) is 0 Å². The van der Waals surface area contributed by atoms with Crippen molar-refractivity contribution >= 4 is 17.7 Å². The molecule has 5 nitrogen and oxygen atoms in total. The van der Waals surface area contributed by atoms with Gasteiger partial charge in [-0.1, -0.05) is 41.6 Å². The minimum absolute atomic E-state index is 0.00795. The van der Waals surface area contributed by atoms with Crippen LogP contribution in [0.2, 0.25) is 0 Å². The Labute approximate surface area is 147 Å². The van der Waals surface area contributed by atoms with Crippen LogP contribution in [-0.4, -0.2) is 46.7 Å². The summed E-state index contributed by atoms with van der Waals surface area (Å²) in [4.78, 5) is 22.8. The van der Waals surface area contributed by atoms with Gasteiger partial charge in [0.1, 0.15) is 0 Å². The molecule has 2 aromatic rings. The van der Waals surface area contributed by atoms with Crippen LogP contribution in [0.3, 0.4) is 0 Å². The van der Waals surface area contributed by atoms with Crippen molar-refractivity contribution in [3.05, 3.63) is 53.9 Å². The fourth-order valence-corrected chi connectivity index (χ4v) is 3.04. The lowest BCUT2D eigenvalue weighted by atomic mass is 10.0. The van der Waals surface area contributed by atoms with E-state index in [1.165, 1.54) is 22.9 Å². The van der Waals surface area contributed by atoms with E-state index in [1.807, 2.05) is 21.0 Å². The van der Waals surface area contributed by atoms with Crippen molar-refractivity contribution in [1.82, 2.24) is 20.2 Å². The molecule has 0 aliphatic rings. The molecule has 6 heteroatoms. The summed E-state index contributed by atoms with van der Waals surface area (Å²) in [5.74, 6) is -0.00795. The first-order chi connectivity index (χ1) is 11.5. The van der Waals surface area contributed by atoms with E-state index >= 15 is 0 Å². The smallest absolute Gasteiger partial charge is 0.233 e. The third-order valence-corrected chi connectivity index (χ3v) is 4.74. The molecule has 0 fully saturated rings. The van der Waals surface area contributed by atoms with Gasteiger partial charge >= 0.3 is 0 Å². The van der Waals surface area contributed by atoms with Gasteiger partial charge in [0, 0.05) is 18.9 Å². The molecule has 1 aromatic heterocycles. The van der Waals surface area contributed by atoms with Crippen molar-refractivity contribution in [1.29, 1.82) is 0 Å². The third-order valence-electron chi connectivity index (χ3n) is 3.75. The van der Waals surface area contributed by atoms with E-state index in [9.17, 15) is 4.79 Å². The molecule has 0 saturated carbocycles. The lowest BCUT2D eigenvalue weighted by molar-refractivity contribution is -0.120. The molecule has 2 atom stereocenters. The number of nitrogens with one attached hydrogen (secondary N) is 1. The molecule has 0 saturated heterocycles. The maximum absolute atomic E-state index is 12.4. The Morgan fingerprint density at radius 3 is 2.42 bits per heavy atom. The molecule has 0 unspecified atom stereocenters. The second kappa shape index (κ2) is 8.80. The number of hydrogen-bond donors (Lipinski definition) is 1. The van der Waals surface area contributed by atoms with Crippen LogP contribution in [0.1, 0.15) is 24.1 Å². The van der Waals surface area contributed by atoms with E-state index in [2.05, 4.69) is 51.4 Å². The highest BCUT2D eigenvalue weighted by Gasteiger charge is 2.19. The monoisotopic (exact) mass is 344 g/mol. The average Bonchev–Trinajstić information content (AvgIpc) is 2.57. The number of carbonyl (C=O) groups is 1. The molecule has 128 valence electrons. The maximum atomic E-state index is 12.4. The second-order valence-corrected chi connectivity index (χ2v) is 7.23. The Morgan fingerprint density at radius 2 is 1.83 bits per heavy atom. The second-order valence-electron chi connectivity index (χ2n) is 5.93. The van der Waals surface area contributed by atoms with Gasteiger partial charge in [-0.05, 0) is 39.6 Å². The summed E-state index contributed by atoms with van der Waals surface area (Å²) in [7, 11) is 4.04. The zero-order chi connectivity index (χ0) is 17.5. The summed E-state index contributed by atoms with van der Waals surface area (Å²) in [5.41, 5.74) is 2.42. The van der Waals surface area contributed by atoms with Crippen molar-refractivity contribution in [2.45, 2.75) is 30.3 Å². The summed E-state index contributed by atoms with van der Waals surface area (Å²) in [5, 5.41) is 3.41. The molecule has 0 aliphatic carbocycles. The highest BCUT2D eigenvalue weighted by molar-refractivity contribution is 8.00. The molecule has 0 spiro atoms. The van der Waals surface area contributed by atoms with Gasteiger partial charge < -0.3 is 10.2 Å². The van der Waals surface area contributed by atoms with Crippen LogP contribution in [0, 0.1) is 6.92 Å². The number of hydrogen-bond acceptors (Lipinski definition) is 5. The van der Waals surface area contributed by atoms with Gasteiger partial charge in [-0.3, -0.25) is 4.79 Å². The Hall–Kier alpha value is -1.92. The van der Waals surface area contributed by atoms with Crippen LogP contribution in [0.5, 0.6) is 0 Å². The Balaban J connectivity index is 1.93. The number of amides is 1. The molecule has 1 heterocycles. The zero-order valence-electron chi connectivity index (χ0n) is 14.6. The maximum Gasteiger partial charge on any atom is 0.233 e. The van der Waals surface area contributed by atoms with E-state index in [1.54, 1.807) is 18.5 Å². The number of carbonyl (C=O) groups excluding carboxylic acids is 1. The fraction of sp³-hybridized carbons (Fsp3) is 0.389. The van der Waals surface area contributed by atoms with Crippen molar-refractivity contribution < 1.29 is 4.79 Å². The summed E-state index contributed by atoms with van der Waals surface area (Å²) in [6.45, 7) is 4.50. The number of rotatable bonds is 7. The first-order valence-corrected chi connectivity index (χ1v) is 8.79. The SMILES string of the molecule is Cc1ccc([C@H](CNC(=O)[C@@H](C)Sc2ncccn2)N(C)C)cc1. The van der Waals surface area contributed by atoms with Gasteiger partial charge in [-0.2, -0.15) is 0 Å². The molecule has 1 amide bonds. The fourth-order valence-electron chi connectivity index (χ4n) is 2.29. The van der Waals surface area contributed by atoms with Crippen molar-refractivity contribution in [2.24, 2.45) is 0 Å². The van der Waals surface area contributed by atoms with Crippen LogP contribution in [-0.2, 0) is 4.79 Å². The number of aryl methyl sites for hydroxylation is 1. The molecule has 1 N–H and O–H groups in total. The Bertz CT molecular complexity index is 646. The Kier molecular flexibility index (Phi) is 6.75. The molecular formula is C18H24N4OS. The lowest BCUT2D eigenvalue weighted by Crippen LogP contribution is -2.38. The number of aromatic nitrogens is 2. The molecular weight excluding hydrogens is 320 g/mol. The third kappa shape index (κ3) is 5.32. The van der Waals surface area contributed by atoms with Gasteiger partial charge in [0.25, 0.3) is 0 Å². The normalized spacial score (nSPS) is 13.5. The summed E-state index contributed by atoms with van der Waals surface area (Å²) >= 11 is 1.36. The van der Waals surface area contributed by atoms with E-state index in [-0.39, 0.29) is 17.2 Å². The average molecular weight is 344 g/mol. The van der Waals surface area contributed by atoms with Gasteiger partial charge in [-0.25, -0.2) is 9.97 Å². The van der Waals surface area contributed by atoms with Crippen molar-refractivity contribution in [3.63, 3.8) is 0 Å². The molecule has 0 radical (unpaired) electrons. The summed E-state index contributed by atoms with van der Waals surface area (Å²) < 4.78 is 0. The highest BCUT2D eigenvalue weighted by atomic mass is 32.2. The zero-order valence-corrected chi connectivity index (χ0v) is 15.4. The number of likely N-dealkylation sites (N-methyl/N-ethyl adjacent to an activating group) is 1. The van der Waals surface area contributed by atoms with Gasteiger partial charge in [0.15, 0.2) is 5.16 Å². The Morgan fingerprint density at radius 1 is 1.21 bits per heavy atom. The van der Waals surface area contributed by atoms with E-state index in [4.69, 9.17) is 0 Å². The first kappa shape index (κ1) is 18.4. The van der Waals surface area contributed by atoms with E-state index in [0.29, 0.717) is 11.7 Å². The molecule has 0 aliphatic heterocycles. The number of nitrogens with zero attached hydrogens (tertiary/aromatic N) is 3. The minimum atomic E-state index is -0.242. The van der Waals surface area contributed by atoms with Gasteiger partial charge in [-0.15, -0.1) is 0 Å². The standard InChI is InChI=1S/C18H24N4OS/c1-13-6-8-15(9-7-13)16(22(3)4)12-21-17(23)14(2)24-18-19-10-5-11-20-18/h5-11,14,16H,12H2,1-4H3,(H,21,23)/t14-,16+/m1/s1. The number of thioether (sulfide) groups is 1. The molecule has 1 aromatic carbocycles. The van der Waals surface area contributed by atoms with Gasteiger partial charge in [0.05, 0.1) is 11.3 Å². The van der Waals surface area contributed by atoms with E-state index < -0.39 is 0 Å². The van der Waals surface area contributed by atoms with Crippen LogP contribution < -0.4 is 5.32 Å². The predicted molar refractivity (Wildman–Crippen MR) is 98.0 cm³/mol. The van der Waals surface area contributed by atoms with Crippen LogP contribution in [0.15, 0.2) is 47.9 Å². The first-order valence-electron chi connectivity index (χ1n) is 7.91. The summed E-state index contributed by atoms with van der Waals surface area (Å²) in [6, 6.07) is 10.3. The summed E-state index contributed by atoms with van der Waals surface area (Å²) in [6.07, 6.45) is 3.36. The molecule has 0 bridgehead atoms. The van der Waals surface area contributed by atoms with Crippen LogP contribution >= 0.6 is 11.8 Å². The molecule has 24 heavy (non-hydrogen) atoms. The van der Waals surface area contributed by atoms with Crippen molar-refractivity contribution in [2.75, 3.05) is 20.6 Å². The van der Waals surface area contributed by atoms with Gasteiger partial charge in [0.2, 0.25) is 5.91 Å². The quantitative estimate of drug-likeness (QED) is 0.618.